The maximum atomic E-state index is 12.3. The number of tetrazole rings is 1. The van der Waals surface area contributed by atoms with E-state index in [0.717, 1.165) is 25.0 Å². The lowest BCUT2D eigenvalue weighted by Crippen LogP contribution is -2.17. The van der Waals surface area contributed by atoms with E-state index in [4.69, 9.17) is 9.47 Å². The number of hydrogen-bond acceptors (Lipinski definition) is 9. The minimum Gasteiger partial charge on any atom is -0.510 e. The molecule has 2 N–H and O–H groups in total. The summed E-state index contributed by atoms with van der Waals surface area (Å²) in [5.41, 5.74) is 1.42. The molecule has 0 radical (unpaired) electrons. The molecule has 0 spiro atoms. The number of nitrogens with zero attached hydrogens (tertiary/aromatic N) is 5. The molecular formula is C18H20N6O4S. The summed E-state index contributed by atoms with van der Waals surface area (Å²) >= 11 is 1.22. The number of aromatic nitrogens is 6. The van der Waals surface area contributed by atoms with Crippen molar-refractivity contribution in [3.8, 4) is 0 Å². The molecule has 1 unspecified atom stereocenters. The lowest BCUT2D eigenvalue weighted by atomic mass is 10.2. The molecule has 11 heteroatoms. The lowest BCUT2D eigenvalue weighted by molar-refractivity contribution is -0.133. The molecule has 0 bridgehead atoms. The van der Waals surface area contributed by atoms with Gasteiger partial charge in [-0.05, 0) is 35.4 Å². The van der Waals surface area contributed by atoms with Gasteiger partial charge in [-0.3, -0.25) is 0 Å². The Morgan fingerprint density at radius 3 is 3.07 bits per heavy atom. The molecule has 0 aliphatic carbocycles. The number of aromatic amines is 1. The van der Waals surface area contributed by atoms with Crippen LogP contribution in [0.5, 0.6) is 0 Å². The summed E-state index contributed by atoms with van der Waals surface area (Å²) in [6, 6.07) is 7.36. The van der Waals surface area contributed by atoms with Crippen molar-refractivity contribution in [1.82, 2.24) is 30.2 Å². The van der Waals surface area contributed by atoms with Gasteiger partial charge in [-0.2, -0.15) is 0 Å². The number of fused-ring (bicyclic) bond motifs is 1. The number of aliphatic hydroxyl groups excluding tert-OH is 1. The first kappa shape index (κ1) is 19.4. The normalized spacial score (nSPS) is 17.5. The van der Waals surface area contributed by atoms with Crippen molar-refractivity contribution >= 4 is 34.3 Å². The third-order valence-electron chi connectivity index (χ3n) is 4.54. The van der Waals surface area contributed by atoms with Gasteiger partial charge in [0.15, 0.2) is 0 Å². The van der Waals surface area contributed by atoms with Crippen LogP contribution >= 0.6 is 11.8 Å². The van der Waals surface area contributed by atoms with Crippen molar-refractivity contribution in [3.05, 3.63) is 35.8 Å². The van der Waals surface area contributed by atoms with Gasteiger partial charge in [0.1, 0.15) is 17.2 Å². The molecule has 1 aliphatic rings. The Hall–Kier alpha value is -2.92. The number of para-hydroxylation sites is 2. The molecule has 10 nitrogen and oxygen atoms in total. The van der Waals surface area contributed by atoms with E-state index in [2.05, 4.69) is 25.5 Å². The minimum absolute atomic E-state index is 0.0191. The predicted octanol–water partition coefficient (Wildman–Crippen LogP) is 1.96. The van der Waals surface area contributed by atoms with Crippen LogP contribution in [0.25, 0.3) is 16.6 Å². The second kappa shape index (κ2) is 8.62. The zero-order chi connectivity index (χ0) is 20.2. The molecule has 0 amide bonds. The average molecular weight is 416 g/mol. The fourth-order valence-corrected chi connectivity index (χ4v) is 3.89. The standard InChI is InChI=1S/C18H20N6O4S/c1-27-17(26)15(16-19-12-6-2-3-7-13(12)20-16)14(25)10-29-18-21-22-23-24(18)9-11-5-4-8-28-11/h2-3,6-7,11,25H,4-5,8-10H2,1H3,(H,19,20). The number of imidazole rings is 1. The predicted molar refractivity (Wildman–Crippen MR) is 105 cm³/mol. The van der Waals surface area contributed by atoms with Crippen LogP contribution in [0.1, 0.15) is 18.7 Å². The monoisotopic (exact) mass is 416 g/mol. The molecule has 0 saturated carbocycles. The first-order chi connectivity index (χ1) is 14.2. The number of H-pyrrole nitrogens is 1. The van der Waals surface area contributed by atoms with Crippen LogP contribution in [-0.2, 0) is 20.8 Å². The van der Waals surface area contributed by atoms with E-state index < -0.39 is 5.97 Å². The largest absolute Gasteiger partial charge is 0.510 e. The summed E-state index contributed by atoms with van der Waals surface area (Å²) in [6.07, 6.45) is 2.08. The summed E-state index contributed by atoms with van der Waals surface area (Å²) in [5.74, 6) is -0.531. The summed E-state index contributed by atoms with van der Waals surface area (Å²) in [6.45, 7) is 1.30. The van der Waals surface area contributed by atoms with E-state index in [1.165, 1.54) is 18.9 Å². The highest BCUT2D eigenvalue weighted by Gasteiger charge is 2.23. The number of esters is 1. The second-order valence-corrected chi connectivity index (χ2v) is 7.43. The van der Waals surface area contributed by atoms with Crippen LogP contribution in [0.15, 0.2) is 35.2 Å². The topological polar surface area (TPSA) is 128 Å². The fraction of sp³-hybridized carbons (Fsp3) is 0.389. The van der Waals surface area contributed by atoms with Crippen molar-refractivity contribution < 1.29 is 19.4 Å². The highest BCUT2D eigenvalue weighted by Crippen LogP contribution is 2.25. The Balaban J connectivity index is 1.55. The molecule has 4 rings (SSSR count). The Morgan fingerprint density at radius 2 is 2.31 bits per heavy atom. The molecule has 29 heavy (non-hydrogen) atoms. The number of hydrogen-bond donors (Lipinski definition) is 2. The number of benzene rings is 1. The maximum absolute atomic E-state index is 12.3. The minimum atomic E-state index is -0.680. The molecule has 1 atom stereocenters. The van der Waals surface area contributed by atoms with E-state index >= 15 is 0 Å². The van der Waals surface area contributed by atoms with Crippen LogP contribution in [-0.4, -0.2) is 66.8 Å². The molecule has 2 aromatic heterocycles. The summed E-state index contributed by atoms with van der Waals surface area (Å²) < 4.78 is 12.1. The van der Waals surface area contributed by atoms with Crippen molar-refractivity contribution in [2.24, 2.45) is 0 Å². The smallest absolute Gasteiger partial charge is 0.345 e. The van der Waals surface area contributed by atoms with Gasteiger partial charge in [0.2, 0.25) is 5.16 Å². The van der Waals surface area contributed by atoms with Crippen LogP contribution < -0.4 is 0 Å². The van der Waals surface area contributed by atoms with Gasteiger partial charge < -0.3 is 19.6 Å². The first-order valence-corrected chi connectivity index (χ1v) is 10.1. The van der Waals surface area contributed by atoms with Gasteiger partial charge in [0.25, 0.3) is 0 Å². The number of carbonyl (C=O) groups excluding carboxylic acids is 1. The van der Waals surface area contributed by atoms with E-state index in [9.17, 15) is 9.90 Å². The Morgan fingerprint density at radius 1 is 1.45 bits per heavy atom. The molecule has 1 aliphatic heterocycles. The Kier molecular flexibility index (Phi) is 5.76. The van der Waals surface area contributed by atoms with Crippen molar-refractivity contribution in [3.63, 3.8) is 0 Å². The number of carbonyl (C=O) groups is 1. The van der Waals surface area contributed by atoms with Gasteiger partial charge in [-0.15, -0.1) is 5.10 Å². The number of aliphatic hydroxyl groups is 1. The van der Waals surface area contributed by atoms with Crippen molar-refractivity contribution in [2.75, 3.05) is 19.5 Å². The summed E-state index contributed by atoms with van der Waals surface area (Å²) in [7, 11) is 1.26. The highest BCUT2D eigenvalue weighted by atomic mass is 32.2. The zero-order valence-corrected chi connectivity index (χ0v) is 16.6. The van der Waals surface area contributed by atoms with Gasteiger partial charge >= 0.3 is 5.97 Å². The molecule has 1 saturated heterocycles. The van der Waals surface area contributed by atoms with Gasteiger partial charge in [-0.1, -0.05) is 23.9 Å². The molecule has 1 fully saturated rings. The Labute approximate surface area is 170 Å². The van der Waals surface area contributed by atoms with Gasteiger partial charge in [0, 0.05) is 6.61 Å². The number of ether oxygens (including phenoxy) is 2. The highest BCUT2D eigenvalue weighted by molar-refractivity contribution is 7.99. The van der Waals surface area contributed by atoms with Crippen LogP contribution in [0.2, 0.25) is 0 Å². The SMILES string of the molecule is COC(=O)C(=C(O)CSc1nnnn1CC1CCCO1)c1nc2ccccc2[nH]1. The third kappa shape index (κ3) is 4.25. The van der Waals surface area contributed by atoms with Crippen LogP contribution in [0.4, 0.5) is 0 Å². The van der Waals surface area contributed by atoms with Crippen LogP contribution in [0.3, 0.4) is 0 Å². The van der Waals surface area contributed by atoms with Crippen molar-refractivity contribution in [2.45, 2.75) is 30.6 Å². The Bertz CT molecular complexity index is 1010. The van der Waals surface area contributed by atoms with E-state index in [1.807, 2.05) is 24.3 Å². The maximum Gasteiger partial charge on any atom is 0.345 e. The van der Waals surface area contributed by atoms with Crippen LogP contribution in [0, 0.1) is 0 Å². The van der Waals surface area contributed by atoms with E-state index in [0.29, 0.717) is 17.2 Å². The van der Waals surface area contributed by atoms with E-state index in [-0.39, 0.29) is 29.0 Å². The molecular weight excluding hydrogens is 396 g/mol. The third-order valence-corrected chi connectivity index (χ3v) is 5.51. The summed E-state index contributed by atoms with van der Waals surface area (Å²) in [4.78, 5) is 19.7. The number of thioether (sulfide) groups is 1. The molecule has 152 valence electrons. The first-order valence-electron chi connectivity index (χ1n) is 9.12. The van der Waals surface area contributed by atoms with Gasteiger partial charge in [-0.25, -0.2) is 14.5 Å². The number of methoxy groups -OCH3 is 1. The molecule has 3 heterocycles. The zero-order valence-electron chi connectivity index (χ0n) is 15.7. The number of rotatable bonds is 7. The molecule has 1 aromatic carbocycles. The lowest BCUT2D eigenvalue weighted by Gasteiger charge is -2.10. The van der Waals surface area contributed by atoms with Crippen molar-refractivity contribution in [1.29, 1.82) is 0 Å². The second-order valence-electron chi connectivity index (χ2n) is 6.48. The average Bonchev–Trinajstić information content (AvgIpc) is 3.47. The molecule has 3 aromatic rings. The van der Waals surface area contributed by atoms with E-state index in [1.54, 1.807) is 4.68 Å². The van der Waals surface area contributed by atoms with Gasteiger partial charge in [0.05, 0.1) is 36.5 Å². The quantitative estimate of drug-likeness (QED) is 0.257. The fourth-order valence-electron chi connectivity index (χ4n) is 3.13. The number of nitrogens with one attached hydrogen (secondary N) is 1. The summed E-state index contributed by atoms with van der Waals surface area (Å²) in [5, 5.41) is 22.9.